The molecule has 0 aromatic heterocycles. The van der Waals surface area contributed by atoms with Gasteiger partial charge >= 0.3 is 10.0 Å². The molecule has 3 rings (SSSR count). The first-order valence-electron chi connectivity index (χ1n) is 7.68. The number of amidine groups is 1. The Balaban J connectivity index is 2.07. The number of para-hydroxylation sites is 1. The molecule has 0 unspecified atom stereocenters. The fraction of sp³-hybridized carbons (Fsp3) is 0. The van der Waals surface area contributed by atoms with Crippen LogP contribution in [0.2, 0.25) is 0 Å². The van der Waals surface area contributed by atoms with Crippen molar-refractivity contribution < 1.29 is 12.8 Å². The predicted molar refractivity (Wildman–Crippen MR) is 116 cm³/mol. The van der Waals surface area contributed by atoms with Crippen LogP contribution in [0.5, 0.6) is 0 Å². The summed E-state index contributed by atoms with van der Waals surface area (Å²) in [5, 5.41) is 3.21. The molecule has 26 heavy (non-hydrogen) atoms. The molecule has 132 valence electrons. The summed E-state index contributed by atoms with van der Waals surface area (Å²) in [5.41, 5.74) is 1.57. The molecule has 0 bridgehead atoms. The van der Waals surface area contributed by atoms with Gasteiger partial charge < -0.3 is 0 Å². The van der Waals surface area contributed by atoms with Gasteiger partial charge in [-0.15, -0.1) is 0 Å². The molecule has 0 atom stereocenters. The maximum Gasteiger partial charge on any atom is 0.328 e. The van der Waals surface area contributed by atoms with E-state index in [1.165, 1.54) is 0 Å². The lowest BCUT2D eigenvalue weighted by atomic mass is 10.2. The Hall–Kier alpha value is -1.71. The molecule has 0 radical (unpaired) electrons. The van der Waals surface area contributed by atoms with Gasteiger partial charge in [0.2, 0.25) is 0 Å². The van der Waals surface area contributed by atoms with Crippen LogP contribution >= 0.6 is 38.5 Å². The minimum Gasteiger partial charge on any atom is -0.239 e. The first kappa shape index (κ1) is 19.1. The number of anilines is 1. The maximum atomic E-state index is 12.8. The smallest absolute Gasteiger partial charge is 0.239 e. The third-order valence-corrected chi connectivity index (χ3v) is 6.39. The van der Waals surface area contributed by atoms with Crippen LogP contribution in [0.3, 0.4) is 0 Å². The highest BCUT2D eigenvalue weighted by molar-refractivity contribution is 14.1. The van der Waals surface area contributed by atoms with E-state index in [0.717, 1.165) is 19.3 Å². The lowest BCUT2D eigenvalue weighted by Crippen LogP contribution is -2.78. The van der Waals surface area contributed by atoms with Crippen LogP contribution in [-0.2, 0) is 10.0 Å². The fourth-order valence-electron chi connectivity index (χ4n) is 2.27. The van der Waals surface area contributed by atoms with Gasteiger partial charge in [-0.25, -0.2) is 5.32 Å². The summed E-state index contributed by atoms with van der Waals surface area (Å²) in [4.78, 5) is 0.193. The normalized spacial score (nSPS) is 12.0. The Kier molecular flexibility index (Phi) is 6.10. The van der Waals surface area contributed by atoms with Gasteiger partial charge in [-0.2, -0.15) is 12.8 Å². The van der Waals surface area contributed by atoms with E-state index in [0.29, 0.717) is 5.84 Å². The van der Waals surface area contributed by atoms with E-state index in [9.17, 15) is 8.42 Å². The van der Waals surface area contributed by atoms with Crippen molar-refractivity contribution in [3.63, 3.8) is 0 Å². The Labute approximate surface area is 174 Å². The third kappa shape index (κ3) is 4.72. The standard InChI is InChI=1S/C19H14BrIN2O2S/c20-15-10-12-16(13-11-15)26(24,25)23-19(14-6-2-1-3-7-14)22-18-9-5-4-8-17(18)21/h1-13H,(H,22,23)/p+1. The van der Waals surface area contributed by atoms with Crippen molar-refractivity contribution in [2.75, 3.05) is 5.32 Å². The van der Waals surface area contributed by atoms with Crippen molar-refractivity contribution in [3.8, 4) is 0 Å². The van der Waals surface area contributed by atoms with Crippen LogP contribution in [0.25, 0.3) is 0 Å². The second kappa shape index (κ2) is 8.32. The molecule has 3 aromatic rings. The molecule has 0 saturated carbocycles. The molecular formula is C19H15BrIN2O2S+. The fourth-order valence-corrected chi connectivity index (χ4v) is 4.10. The van der Waals surface area contributed by atoms with Crippen LogP contribution in [-0.4, -0.2) is 14.3 Å². The molecule has 0 heterocycles. The number of hydrogen-bond donors (Lipinski definition) is 2. The van der Waals surface area contributed by atoms with Crippen LogP contribution in [0, 0.1) is 3.57 Å². The zero-order valence-electron chi connectivity index (χ0n) is 13.5. The summed E-state index contributed by atoms with van der Waals surface area (Å²) < 4.78 is 30.1. The van der Waals surface area contributed by atoms with Crippen LogP contribution in [0.15, 0.2) is 88.2 Å². The van der Waals surface area contributed by atoms with Gasteiger partial charge in [-0.1, -0.05) is 46.3 Å². The van der Waals surface area contributed by atoms with Crippen molar-refractivity contribution in [1.29, 1.82) is 0 Å². The van der Waals surface area contributed by atoms with E-state index in [4.69, 9.17) is 0 Å². The monoisotopic (exact) mass is 541 g/mol. The van der Waals surface area contributed by atoms with Gasteiger partial charge in [0.15, 0.2) is 0 Å². The highest BCUT2D eigenvalue weighted by Crippen LogP contribution is 2.17. The number of benzene rings is 3. The zero-order chi connectivity index (χ0) is 18.6. The molecule has 2 N–H and O–H groups in total. The highest BCUT2D eigenvalue weighted by Gasteiger charge is 2.21. The molecule has 4 nitrogen and oxygen atoms in total. The quantitative estimate of drug-likeness (QED) is 0.302. The van der Waals surface area contributed by atoms with E-state index in [1.54, 1.807) is 24.3 Å². The molecule has 3 aromatic carbocycles. The number of rotatable bonds is 4. The van der Waals surface area contributed by atoms with Crippen molar-refractivity contribution in [1.82, 2.24) is 0 Å². The van der Waals surface area contributed by atoms with Gasteiger partial charge in [0.25, 0.3) is 5.84 Å². The molecule has 0 saturated heterocycles. The van der Waals surface area contributed by atoms with Crippen LogP contribution in [0.4, 0.5) is 5.69 Å². The summed E-state index contributed by atoms with van der Waals surface area (Å²) in [6.07, 6.45) is 0. The summed E-state index contributed by atoms with van der Waals surface area (Å²) >= 11 is 5.53. The van der Waals surface area contributed by atoms with E-state index in [2.05, 4.69) is 48.2 Å². The van der Waals surface area contributed by atoms with Crippen LogP contribution < -0.4 is 9.71 Å². The Morgan fingerprint density at radius 1 is 0.885 bits per heavy atom. The molecule has 7 heteroatoms. The van der Waals surface area contributed by atoms with E-state index < -0.39 is 10.0 Å². The minimum absolute atomic E-state index is 0.193. The van der Waals surface area contributed by atoms with Crippen molar-refractivity contribution in [2.45, 2.75) is 4.90 Å². The zero-order valence-corrected chi connectivity index (χ0v) is 18.0. The average molecular weight is 542 g/mol. The molecular weight excluding hydrogens is 527 g/mol. The minimum atomic E-state index is -3.73. The number of sulfonamides is 1. The van der Waals surface area contributed by atoms with Gasteiger partial charge in [-0.3, -0.25) is 0 Å². The molecule has 0 amide bonds. The van der Waals surface area contributed by atoms with Gasteiger partial charge in [0.05, 0.1) is 9.13 Å². The summed E-state index contributed by atoms with van der Waals surface area (Å²) in [6, 6.07) is 23.5. The van der Waals surface area contributed by atoms with E-state index in [1.807, 2.05) is 54.6 Å². The van der Waals surface area contributed by atoms with Crippen LogP contribution in [0.1, 0.15) is 5.56 Å². The van der Waals surface area contributed by atoms with E-state index in [-0.39, 0.29) is 4.90 Å². The number of nitrogens with one attached hydrogen (secondary N) is 2. The third-order valence-electron chi connectivity index (χ3n) is 3.56. The first-order valence-corrected chi connectivity index (χ1v) is 11.0. The van der Waals surface area contributed by atoms with Crippen molar-refractivity contribution in [3.05, 3.63) is 92.5 Å². The molecule has 0 spiro atoms. The Morgan fingerprint density at radius 2 is 1.50 bits per heavy atom. The molecule has 0 fully saturated rings. The Bertz CT molecular complexity index is 1040. The average Bonchev–Trinajstić information content (AvgIpc) is 2.64. The number of halogens is 2. The lowest BCUT2D eigenvalue weighted by molar-refractivity contribution is -0.266. The summed E-state index contributed by atoms with van der Waals surface area (Å²) in [6.45, 7) is 0. The maximum absolute atomic E-state index is 12.8. The lowest BCUT2D eigenvalue weighted by Gasteiger charge is -2.06. The SMILES string of the molecule is O=S(=O)([NH+]=C(Nc1ccccc1I)c1ccccc1)c1ccc(Br)cc1. The highest BCUT2D eigenvalue weighted by atomic mass is 127. The van der Waals surface area contributed by atoms with Gasteiger partial charge in [0, 0.05) is 4.47 Å². The van der Waals surface area contributed by atoms with E-state index >= 15 is 0 Å². The van der Waals surface area contributed by atoms with Gasteiger partial charge in [0.1, 0.15) is 10.6 Å². The van der Waals surface area contributed by atoms with Gasteiger partial charge in [-0.05, 0) is 71.1 Å². The molecule has 0 aliphatic carbocycles. The summed E-state index contributed by atoms with van der Waals surface area (Å²) in [5.74, 6) is 0.401. The molecule has 0 aliphatic heterocycles. The Morgan fingerprint density at radius 3 is 2.15 bits per heavy atom. The molecule has 0 aliphatic rings. The number of hydrogen-bond acceptors (Lipinski definition) is 2. The predicted octanol–water partition coefficient (Wildman–Crippen LogP) is 3.38. The topological polar surface area (TPSA) is 60.1 Å². The first-order chi connectivity index (χ1) is 12.5. The second-order valence-corrected chi connectivity index (χ2v) is 9.17. The summed E-state index contributed by atoms with van der Waals surface area (Å²) in [7, 11) is -3.73. The largest absolute Gasteiger partial charge is 0.328 e. The van der Waals surface area contributed by atoms with Crippen molar-refractivity contribution >= 4 is 60.1 Å². The second-order valence-electron chi connectivity index (χ2n) is 5.41. The van der Waals surface area contributed by atoms with Crippen molar-refractivity contribution in [2.24, 2.45) is 0 Å².